The molecule has 1 aliphatic rings. The van der Waals surface area contributed by atoms with Crippen molar-refractivity contribution < 1.29 is 4.74 Å². The van der Waals surface area contributed by atoms with E-state index in [2.05, 4.69) is 60.5 Å². The van der Waals surface area contributed by atoms with Crippen molar-refractivity contribution in [3.8, 4) is 0 Å². The Morgan fingerprint density at radius 1 is 1.10 bits per heavy atom. The van der Waals surface area contributed by atoms with Crippen LogP contribution in [0.2, 0.25) is 0 Å². The smallest absolute Gasteiger partial charge is 0.0642 e. The zero-order valence-electron chi connectivity index (χ0n) is 12.6. The summed E-state index contributed by atoms with van der Waals surface area (Å²) in [6.45, 7) is 7.98. The van der Waals surface area contributed by atoms with Gasteiger partial charge in [-0.15, -0.1) is 11.3 Å². The molecule has 2 heterocycles. The van der Waals surface area contributed by atoms with Gasteiger partial charge < -0.3 is 15.0 Å². The maximum absolute atomic E-state index is 5.40. The highest BCUT2D eigenvalue weighted by Crippen LogP contribution is 2.27. The first-order valence-electron chi connectivity index (χ1n) is 7.48. The fourth-order valence-electron chi connectivity index (χ4n) is 2.60. The highest BCUT2D eigenvalue weighted by atomic mass is 32.1. The van der Waals surface area contributed by atoms with Crippen molar-refractivity contribution in [1.29, 1.82) is 0 Å². The predicted molar refractivity (Wildman–Crippen MR) is 90.6 cm³/mol. The Morgan fingerprint density at radius 2 is 1.81 bits per heavy atom. The summed E-state index contributed by atoms with van der Waals surface area (Å²) in [5, 5.41) is 3.57. The number of aryl methyl sites for hydroxylation is 1. The van der Waals surface area contributed by atoms with Crippen molar-refractivity contribution >= 4 is 22.7 Å². The number of nitrogens with zero attached hydrogens (tertiary/aromatic N) is 1. The molecule has 112 valence electrons. The summed E-state index contributed by atoms with van der Waals surface area (Å²) < 4.78 is 5.40. The number of ether oxygens (including phenoxy) is 1. The topological polar surface area (TPSA) is 24.5 Å². The van der Waals surface area contributed by atoms with Crippen LogP contribution in [0.4, 0.5) is 11.4 Å². The Kier molecular flexibility index (Phi) is 4.46. The van der Waals surface area contributed by atoms with Gasteiger partial charge in [0.25, 0.3) is 0 Å². The van der Waals surface area contributed by atoms with Gasteiger partial charge in [0.05, 0.1) is 19.3 Å². The van der Waals surface area contributed by atoms with Crippen LogP contribution in [0.15, 0.2) is 36.4 Å². The molecule has 0 aliphatic carbocycles. The number of hydrogen-bond donors (Lipinski definition) is 1. The van der Waals surface area contributed by atoms with Crippen LogP contribution in [0.1, 0.15) is 22.7 Å². The summed E-state index contributed by atoms with van der Waals surface area (Å²) >= 11 is 1.86. The molecule has 1 aliphatic heterocycles. The fraction of sp³-hybridized carbons (Fsp3) is 0.412. The molecule has 1 aromatic carbocycles. The molecule has 1 N–H and O–H groups in total. The maximum Gasteiger partial charge on any atom is 0.0642 e. The number of hydrogen-bond acceptors (Lipinski definition) is 4. The molecule has 0 radical (unpaired) electrons. The van der Waals surface area contributed by atoms with Gasteiger partial charge >= 0.3 is 0 Å². The average molecular weight is 302 g/mol. The Hall–Kier alpha value is -1.52. The summed E-state index contributed by atoms with van der Waals surface area (Å²) in [5.41, 5.74) is 2.45. The molecule has 4 heteroatoms. The molecule has 0 spiro atoms. The van der Waals surface area contributed by atoms with Gasteiger partial charge in [0.2, 0.25) is 0 Å². The predicted octanol–water partition coefficient (Wildman–Crippen LogP) is 4.07. The van der Waals surface area contributed by atoms with Crippen LogP contribution in [0.3, 0.4) is 0 Å². The molecule has 0 bridgehead atoms. The summed E-state index contributed by atoms with van der Waals surface area (Å²) in [6.07, 6.45) is 0. The molecular weight excluding hydrogens is 280 g/mol. The molecule has 21 heavy (non-hydrogen) atoms. The summed E-state index contributed by atoms with van der Waals surface area (Å²) in [4.78, 5) is 5.12. The minimum atomic E-state index is 0.345. The van der Waals surface area contributed by atoms with Crippen LogP contribution in [0.25, 0.3) is 0 Å². The Morgan fingerprint density at radius 3 is 2.43 bits per heavy atom. The number of benzene rings is 1. The first-order chi connectivity index (χ1) is 10.2. The molecule has 0 saturated carbocycles. The van der Waals surface area contributed by atoms with Crippen LogP contribution in [-0.4, -0.2) is 26.3 Å². The number of morpholine rings is 1. The third-order valence-corrected chi connectivity index (χ3v) is 5.00. The maximum atomic E-state index is 5.40. The zero-order chi connectivity index (χ0) is 14.7. The third kappa shape index (κ3) is 3.57. The number of anilines is 2. The van der Waals surface area contributed by atoms with Crippen LogP contribution in [0.5, 0.6) is 0 Å². The molecule has 1 saturated heterocycles. The van der Waals surface area contributed by atoms with E-state index in [-0.39, 0.29) is 0 Å². The largest absolute Gasteiger partial charge is 0.378 e. The zero-order valence-corrected chi connectivity index (χ0v) is 13.5. The van der Waals surface area contributed by atoms with Crippen LogP contribution >= 0.6 is 11.3 Å². The second-order valence-electron chi connectivity index (χ2n) is 5.46. The molecular formula is C17H22N2OS. The van der Waals surface area contributed by atoms with E-state index in [4.69, 9.17) is 4.74 Å². The molecule has 1 fully saturated rings. The van der Waals surface area contributed by atoms with Gasteiger partial charge in [0.15, 0.2) is 0 Å². The highest BCUT2D eigenvalue weighted by Gasteiger charge is 2.11. The van der Waals surface area contributed by atoms with E-state index in [9.17, 15) is 0 Å². The Balaban J connectivity index is 1.63. The Bertz CT molecular complexity index is 573. The van der Waals surface area contributed by atoms with Crippen molar-refractivity contribution in [2.24, 2.45) is 0 Å². The van der Waals surface area contributed by atoms with E-state index in [1.165, 1.54) is 21.1 Å². The molecule has 1 aromatic heterocycles. The van der Waals surface area contributed by atoms with E-state index in [1.54, 1.807) is 0 Å². The minimum absolute atomic E-state index is 0.345. The summed E-state index contributed by atoms with van der Waals surface area (Å²) in [5.74, 6) is 0. The van der Waals surface area contributed by atoms with Crippen LogP contribution in [0, 0.1) is 6.92 Å². The van der Waals surface area contributed by atoms with Crippen LogP contribution in [-0.2, 0) is 4.74 Å². The normalized spacial score (nSPS) is 16.8. The van der Waals surface area contributed by atoms with Crippen molar-refractivity contribution in [3.05, 3.63) is 46.2 Å². The van der Waals surface area contributed by atoms with Crippen molar-refractivity contribution in [1.82, 2.24) is 0 Å². The summed E-state index contributed by atoms with van der Waals surface area (Å²) in [6, 6.07) is 13.5. The average Bonchev–Trinajstić information content (AvgIpc) is 2.96. The van der Waals surface area contributed by atoms with E-state index in [1.807, 2.05) is 11.3 Å². The number of thiophene rings is 1. The Labute approximate surface area is 130 Å². The molecule has 1 unspecified atom stereocenters. The lowest BCUT2D eigenvalue weighted by molar-refractivity contribution is 0.122. The van der Waals surface area contributed by atoms with Crippen molar-refractivity contribution in [2.75, 3.05) is 36.5 Å². The van der Waals surface area contributed by atoms with E-state index in [0.29, 0.717) is 6.04 Å². The molecule has 3 rings (SSSR count). The highest BCUT2D eigenvalue weighted by molar-refractivity contribution is 7.12. The van der Waals surface area contributed by atoms with Gasteiger partial charge in [-0.05, 0) is 50.2 Å². The van der Waals surface area contributed by atoms with Crippen molar-refractivity contribution in [2.45, 2.75) is 19.9 Å². The third-order valence-electron chi connectivity index (χ3n) is 3.81. The van der Waals surface area contributed by atoms with Gasteiger partial charge in [0, 0.05) is 34.2 Å². The number of nitrogens with one attached hydrogen (secondary N) is 1. The lowest BCUT2D eigenvalue weighted by atomic mass is 10.2. The minimum Gasteiger partial charge on any atom is -0.378 e. The van der Waals surface area contributed by atoms with E-state index < -0.39 is 0 Å². The second kappa shape index (κ2) is 6.50. The van der Waals surface area contributed by atoms with Gasteiger partial charge in [-0.25, -0.2) is 0 Å². The van der Waals surface area contributed by atoms with Gasteiger partial charge in [-0.1, -0.05) is 0 Å². The number of rotatable bonds is 4. The van der Waals surface area contributed by atoms with E-state index in [0.717, 1.165) is 26.3 Å². The van der Waals surface area contributed by atoms with Crippen LogP contribution < -0.4 is 10.2 Å². The standard InChI is InChI=1S/C17H22N2OS/c1-13-3-8-17(21-13)14(2)18-15-4-6-16(7-5-15)19-9-11-20-12-10-19/h3-8,14,18H,9-12H2,1-2H3. The summed E-state index contributed by atoms with van der Waals surface area (Å²) in [7, 11) is 0. The van der Waals surface area contributed by atoms with E-state index >= 15 is 0 Å². The first kappa shape index (κ1) is 14.4. The SMILES string of the molecule is Cc1ccc(C(C)Nc2ccc(N3CCOCC3)cc2)s1. The van der Waals surface area contributed by atoms with Gasteiger partial charge in [-0.3, -0.25) is 0 Å². The van der Waals surface area contributed by atoms with Gasteiger partial charge in [0.1, 0.15) is 0 Å². The molecule has 2 aromatic rings. The van der Waals surface area contributed by atoms with Gasteiger partial charge in [-0.2, -0.15) is 0 Å². The lowest BCUT2D eigenvalue weighted by Crippen LogP contribution is -2.36. The monoisotopic (exact) mass is 302 g/mol. The lowest BCUT2D eigenvalue weighted by Gasteiger charge is -2.29. The second-order valence-corrected chi connectivity index (χ2v) is 6.78. The molecule has 0 amide bonds. The van der Waals surface area contributed by atoms with Crippen molar-refractivity contribution in [3.63, 3.8) is 0 Å². The first-order valence-corrected chi connectivity index (χ1v) is 8.29. The quantitative estimate of drug-likeness (QED) is 0.921. The molecule has 3 nitrogen and oxygen atoms in total. The fourth-order valence-corrected chi connectivity index (χ4v) is 3.48. The molecule has 1 atom stereocenters.